The fraction of sp³-hybridized carbons (Fsp3) is 0.360. The molecule has 0 amide bonds. The first-order chi connectivity index (χ1) is 15.3. The summed E-state index contributed by atoms with van der Waals surface area (Å²) < 4.78 is 32.0. The zero-order valence-electron chi connectivity index (χ0n) is 17.8. The zero-order chi connectivity index (χ0) is 22.7. The molecule has 2 aliphatic carbocycles. The number of halogens is 2. The van der Waals surface area contributed by atoms with Crippen LogP contribution in [0.5, 0.6) is 0 Å². The molecule has 5 nitrogen and oxygen atoms in total. The van der Waals surface area contributed by atoms with Crippen molar-refractivity contribution in [3.63, 3.8) is 0 Å². The van der Waals surface area contributed by atoms with Gasteiger partial charge in [0, 0.05) is 41.7 Å². The second-order valence-electron chi connectivity index (χ2n) is 8.64. The number of aliphatic hydroxyl groups is 1. The number of hydrogen-bond donors (Lipinski definition) is 2. The molecule has 0 spiro atoms. The lowest BCUT2D eigenvalue weighted by Crippen LogP contribution is -2.46. The molecule has 3 N–H and O–H groups in total. The Kier molecular flexibility index (Phi) is 5.09. The third-order valence-corrected chi connectivity index (χ3v) is 7.30. The Morgan fingerprint density at radius 1 is 1.19 bits per heavy atom. The van der Waals surface area contributed by atoms with Crippen LogP contribution in [0.25, 0.3) is 0 Å². The largest absolute Gasteiger partial charge is 0.501 e. The van der Waals surface area contributed by atoms with Crippen LogP contribution in [0.3, 0.4) is 0 Å². The topological polar surface area (TPSA) is 73.9 Å². The van der Waals surface area contributed by atoms with E-state index in [9.17, 15) is 9.50 Å². The van der Waals surface area contributed by atoms with E-state index in [4.69, 9.17) is 31.5 Å². The molecule has 3 aliphatic rings. The third-order valence-electron chi connectivity index (χ3n) is 7.04. The zero-order valence-corrected chi connectivity index (χ0v) is 18.6. The summed E-state index contributed by atoms with van der Waals surface area (Å²) in [7, 11) is 3.00. The van der Waals surface area contributed by atoms with Crippen LogP contribution in [0.2, 0.25) is 5.02 Å². The van der Waals surface area contributed by atoms with Gasteiger partial charge in [-0.3, -0.25) is 0 Å². The molecule has 2 aromatic rings. The van der Waals surface area contributed by atoms with E-state index >= 15 is 0 Å². The number of hydrogen-bond acceptors (Lipinski definition) is 5. The quantitative estimate of drug-likeness (QED) is 0.667. The highest BCUT2D eigenvalue weighted by atomic mass is 35.5. The second kappa shape index (κ2) is 7.59. The number of rotatable bonds is 4. The molecule has 0 radical (unpaired) electrons. The summed E-state index contributed by atoms with van der Waals surface area (Å²) in [4.78, 5) is 0. The van der Waals surface area contributed by atoms with Crippen molar-refractivity contribution in [2.75, 3.05) is 14.2 Å². The van der Waals surface area contributed by atoms with Crippen LogP contribution in [0.4, 0.5) is 4.39 Å². The Hall–Kier alpha value is -2.38. The summed E-state index contributed by atoms with van der Waals surface area (Å²) in [5.74, 6) is -1.58. The molecule has 1 fully saturated rings. The van der Waals surface area contributed by atoms with Gasteiger partial charge in [0.25, 0.3) is 0 Å². The van der Waals surface area contributed by atoms with Crippen molar-refractivity contribution in [1.82, 2.24) is 0 Å². The van der Waals surface area contributed by atoms with Gasteiger partial charge in [-0.05, 0) is 41.8 Å². The predicted molar refractivity (Wildman–Crippen MR) is 118 cm³/mol. The summed E-state index contributed by atoms with van der Waals surface area (Å²) in [6.45, 7) is 0. The van der Waals surface area contributed by atoms with Crippen molar-refractivity contribution in [3.05, 3.63) is 93.7 Å². The minimum absolute atomic E-state index is 0.146. The molecule has 5 atom stereocenters. The van der Waals surface area contributed by atoms with Gasteiger partial charge in [0.05, 0.1) is 13.5 Å². The van der Waals surface area contributed by atoms with Gasteiger partial charge in [-0.2, -0.15) is 0 Å². The monoisotopic (exact) mass is 457 g/mol. The Morgan fingerprint density at radius 2 is 1.94 bits per heavy atom. The van der Waals surface area contributed by atoms with E-state index in [1.54, 1.807) is 31.4 Å². The van der Waals surface area contributed by atoms with Crippen LogP contribution in [-0.4, -0.2) is 31.2 Å². The van der Waals surface area contributed by atoms with E-state index in [0.29, 0.717) is 28.5 Å². The Morgan fingerprint density at radius 3 is 2.59 bits per heavy atom. The smallest absolute Gasteiger partial charge is 0.199 e. The molecule has 0 bridgehead atoms. The number of benzene rings is 2. The minimum Gasteiger partial charge on any atom is -0.501 e. The average molecular weight is 458 g/mol. The molecule has 5 rings (SSSR count). The first kappa shape index (κ1) is 21.5. The van der Waals surface area contributed by atoms with E-state index in [1.807, 2.05) is 18.2 Å². The van der Waals surface area contributed by atoms with Crippen LogP contribution in [0, 0.1) is 11.7 Å². The molecule has 1 unspecified atom stereocenters. The summed E-state index contributed by atoms with van der Waals surface area (Å²) in [6.07, 6.45) is 2.48. The fourth-order valence-corrected chi connectivity index (χ4v) is 5.84. The minimum atomic E-state index is -1.62. The first-order valence-electron chi connectivity index (χ1n) is 10.5. The summed E-state index contributed by atoms with van der Waals surface area (Å²) in [5, 5.41) is 12.1. The van der Waals surface area contributed by atoms with E-state index in [1.165, 1.54) is 19.2 Å². The Labute approximate surface area is 191 Å². The van der Waals surface area contributed by atoms with Gasteiger partial charge in [0.15, 0.2) is 5.79 Å². The number of ether oxygens (including phenoxy) is 3. The van der Waals surface area contributed by atoms with Gasteiger partial charge in [0.1, 0.15) is 22.9 Å². The van der Waals surface area contributed by atoms with Crippen molar-refractivity contribution in [3.8, 4) is 0 Å². The van der Waals surface area contributed by atoms with Crippen molar-refractivity contribution < 1.29 is 23.7 Å². The maximum absolute atomic E-state index is 14.2. The van der Waals surface area contributed by atoms with Gasteiger partial charge < -0.3 is 25.1 Å². The highest BCUT2D eigenvalue weighted by molar-refractivity contribution is 6.30. The average Bonchev–Trinajstić information content (AvgIpc) is 3.27. The van der Waals surface area contributed by atoms with Crippen LogP contribution < -0.4 is 5.73 Å². The van der Waals surface area contributed by atoms with Gasteiger partial charge in [-0.1, -0.05) is 35.9 Å². The molecule has 2 aromatic carbocycles. The van der Waals surface area contributed by atoms with Crippen LogP contribution in [0.1, 0.15) is 29.9 Å². The molecular weight excluding hydrogens is 433 g/mol. The standard InChI is InChI=1S/C25H25ClFNO4/c1-30-18-11-21-23(24(29,13-18)31-2)22-20(28)12-19(14-4-3-5-17(27)10-14)25(22,32-21)15-6-8-16(26)9-7-15/h3-11,19-20,22,29H,12-13,28H2,1-2H3/t19-,20-,22+,24?,25+/m1/s1. The SMILES string of the molecule is COC1=CC2=C([C@@H]3[C@H](N)C[C@H](c4cccc(F)c4)[C@]3(c3ccc(Cl)cc3)O2)C(O)(OC)C1. The number of allylic oxidation sites excluding steroid dienone is 1. The normalized spacial score (nSPS) is 33.4. The lowest BCUT2D eigenvalue weighted by Gasteiger charge is -2.38. The predicted octanol–water partition coefficient (Wildman–Crippen LogP) is 4.36. The van der Waals surface area contributed by atoms with Gasteiger partial charge in [-0.15, -0.1) is 0 Å². The highest BCUT2D eigenvalue weighted by Crippen LogP contribution is 2.65. The fourth-order valence-electron chi connectivity index (χ4n) is 5.71. The van der Waals surface area contributed by atoms with E-state index < -0.39 is 17.3 Å². The van der Waals surface area contributed by atoms with Crippen LogP contribution >= 0.6 is 11.6 Å². The van der Waals surface area contributed by atoms with Gasteiger partial charge >= 0.3 is 0 Å². The van der Waals surface area contributed by atoms with Crippen LogP contribution in [-0.2, 0) is 19.8 Å². The number of fused-ring (bicyclic) bond motifs is 2. The first-order valence-corrected chi connectivity index (χ1v) is 10.9. The molecule has 32 heavy (non-hydrogen) atoms. The third kappa shape index (κ3) is 3.01. The van der Waals surface area contributed by atoms with E-state index in [-0.39, 0.29) is 24.2 Å². The van der Waals surface area contributed by atoms with Crippen LogP contribution in [0.15, 0.2) is 71.7 Å². The number of nitrogens with two attached hydrogens (primary N) is 1. The highest BCUT2D eigenvalue weighted by Gasteiger charge is 2.66. The van der Waals surface area contributed by atoms with Crippen molar-refractivity contribution in [1.29, 1.82) is 0 Å². The Balaban J connectivity index is 1.74. The van der Waals surface area contributed by atoms with E-state index in [2.05, 4.69) is 0 Å². The van der Waals surface area contributed by atoms with Crippen molar-refractivity contribution in [2.24, 2.45) is 11.7 Å². The maximum atomic E-state index is 14.2. The molecular formula is C25H25ClFNO4. The molecule has 168 valence electrons. The maximum Gasteiger partial charge on any atom is 0.199 e. The number of methoxy groups -OCH3 is 2. The molecule has 0 aromatic heterocycles. The van der Waals surface area contributed by atoms with Gasteiger partial charge in [-0.25, -0.2) is 4.39 Å². The molecule has 1 saturated carbocycles. The summed E-state index contributed by atoms with van der Waals surface area (Å²) in [5.41, 5.74) is 8.01. The van der Waals surface area contributed by atoms with E-state index in [0.717, 1.165) is 11.1 Å². The lowest BCUT2D eigenvalue weighted by atomic mass is 9.71. The molecule has 1 heterocycles. The molecule has 0 saturated heterocycles. The second-order valence-corrected chi connectivity index (χ2v) is 9.08. The summed E-state index contributed by atoms with van der Waals surface area (Å²) >= 11 is 6.18. The summed E-state index contributed by atoms with van der Waals surface area (Å²) in [6, 6.07) is 13.6. The molecule has 1 aliphatic heterocycles. The Bertz CT molecular complexity index is 1120. The van der Waals surface area contributed by atoms with Crippen molar-refractivity contribution >= 4 is 11.6 Å². The van der Waals surface area contributed by atoms with Crippen molar-refractivity contribution in [2.45, 2.75) is 36.2 Å². The molecule has 7 heteroatoms. The lowest BCUT2D eigenvalue weighted by molar-refractivity contribution is -0.166. The van der Waals surface area contributed by atoms with Gasteiger partial charge in [0.2, 0.25) is 0 Å².